The van der Waals surface area contributed by atoms with E-state index in [1.165, 1.54) is 5.56 Å². The van der Waals surface area contributed by atoms with E-state index in [0.717, 1.165) is 36.0 Å². The summed E-state index contributed by atoms with van der Waals surface area (Å²) in [5.74, 6) is 0.0300. The second-order valence-corrected chi connectivity index (χ2v) is 7.17. The summed E-state index contributed by atoms with van der Waals surface area (Å²) in [5.41, 5.74) is 10.4. The molecule has 1 fully saturated rings. The van der Waals surface area contributed by atoms with Crippen LogP contribution in [-0.4, -0.2) is 25.1 Å². The average molecular weight is 336 g/mol. The Kier molecular flexibility index (Phi) is 4.32. The minimum atomic E-state index is 0.00314. The van der Waals surface area contributed by atoms with Crippen LogP contribution in [0, 0.1) is 0 Å². The summed E-state index contributed by atoms with van der Waals surface area (Å²) in [6.07, 6.45) is 2.61. The second-order valence-electron chi connectivity index (χ2n) is 7.17. The Labute approximate surface area is 148 Å². The van der Waals surface area contributed by atoms with Crippen LogP contribution >= 0.6 is 0 Å². The lowest BCUT2D eigenvalue weighted by Crippen LogP contribution is -2.56. The fourth-order valence-electron chi connectivity index (χ4n) is 4.19. The zero-order valence-electron chi connectivity index (χ0n) is 14.3. The summed E-state index contributed by atoms with van der Waals surface area (Å²) in [6, 6.07) is 16.5. The standard InChI is InChI=1S/C21H24N2O2/c22-14-21(16-6-2-1-3-7-16)11-17(12-21)23-20(24)19-8-4-5-15-13-25-10-9-18(15)19/h1-8,17H,9-14,22H2,(H,23,24). The molecule has 0 unspecified atom stereocenters. The third-order valence-electron chi connectivity index (χ3n) is 5.66. The zero-order valence-corrected chi connectivity index (χ0v) is 14.3. The molecular weight excluding hydrogens is 312 g/mol. The molecule has 1 heterocycles. The maximum absolute atomic E-state index is 12.8. The highest BCUT2D eigenvalue weighted by atomic mass is 16.5. The maximum atomic E-state index is 12.8. The van der Waals surface area contributed by atoms with Crippen LogP contribution in [0.4, 0.5) is 0 Å². The zero-order chi connectivity index (χ0) is 17.3. The van der Waals surface area contributed by atoms with E-state index in [4.69, 9.17) is 10.5 Å². The molecule has 130 valence electrons. The van der Waals surface area contributed by atoms with Crippen LogP contribution in [0.25, 0.3) is 0 Å². The molecule has 0 atom stereocenters. The van der Waals surface area contributed by atoms with Gasteiger partial charge in [0.15, 0.2) is 0 Å². The van der Waals surface area contributed by atoms with Gasteiger partial charge in [-0.2, -0.15) is 0 Å². The van der Waals surface area contributed by atoms with Gasteiger partial charge in [-0.1, -0.05) is 42.5 Å². The number of hydrogen-bond acceptors (Lipinski definition) is 3. The summed E-state index contributed by atoms with van der Waals surface area (Å²) in [4.78, 5) is 12.8. The lowest BCUT2D eigenvalue weighted by molar-refractivity contribution is 0.0858. The smallest absolute Gasteiger partial charge is 0.251 e. The monoisotopic (exact) mass is 336 g/mol. The quantitative estimate of drug-likeness (QED) is 0.902. The van der Waals surface area contributed by atoms with Crippen LogP contribution < -0.4 is 11.1 Å². The van der Waals surface area contributed by atoms with Gasteiger partial charge < -0.3 is 15.8 Å². The van der Waals surface area contributed by atoms with Crippen molar-refractivity contribution < 1.29 is 9.53 Å². The number of hydrogen-bond donors (Lipinski definition) is 2. The molecule has 1 amide bonds. The van der Waals surface area contributed by atoms with Crippen LogP contribution in [0.15, 0.2) is 48.5 Å². The van der Waals surface area contributed by atoms with Crippen molar-refractivity contribution in [2.45, 2.75) is 37.3 Å². The predicted molar refractivity (Wildman–Crippen MR) is 97.5 cm³/mol. The van der Waals surface area contributed by atoms with E-state index >= 15 is 0 Å². The van der Waals surface area contributed by atoms with Crippen molar-refractivity contribution in [1.82, 2.24) is 5.32 Å². The van der Waals surface area contributed by atoms with Crippen LogP contribution in [0.5, 0.6) is 0 Å². The normalized spacial score (nSPS) is 24.9. The molecule has 0 radical (unpaired) electrons. The maximum Gasteiger partial charge on any atom is 0.251 e. The highest BCUT2D eigenvalue weighted by Crippen LogP contribution is 2.43. The van der Waals surface area contributed by atoms with E-state index < -0.39 is 0 Å². The Morgan fingerprint density at radius 1 is 1.16 bits per heavy atom. The highest BCUT2D eigenvalue weighted by molar-refractivity contribution is 5.96. The lowest BCUT2D eigenvalue weighted by atomic mass is 9.61. The van der Waals surface area contributed by atoms with E-state index in [2.05, 4.69) is 29.6 Å². The van der Waals surface area contributed by atoms with Gasteiger partial charge in [-0.15, -0.1) is 0 Å². The van der Waals surface area contributed by atoms with Gasteiger partial charge in [0.2, 0.25) is 0 Å². The molecular formula is C21H24N2O2. The first-order chi connectivity index (χ1) is 12.2. The largest absolute Gasteiger partial charge is 0.376 e. The number of nitrogens with two attached hydrogens (primary N) is 1. The topological polar surface area (TPSA) is 64.3 Å². The molecule has 1 aliphatic heterocycles. The average Bonchev–Trinajstić information content (AvgIpc) is 2.64. The van der Waals surface area contributed by atoms with Crippen molar-refractivity contribution >= 4 is 5.91 Å². The fourth-order valence-corrected chi connectivity index (χ4v) is 4.19. The van der Waals surface area contributed by atoms with Gasteiger partial charge in [-0.25, -0.2) is 0 Å². The van der Waals surface area contributed by atoms with Gasteiger partial charge in [-0.3, -0.25) is 4.79 Å². The molecule has 0 bridgehead atoms. The Morgan fingerprint density at radius 3 is 2.72 bits per heavy atom. The van der Waals surface area contributed by atoms with Crippen molar-refractivity contribution in [2.24, 2.45) is 5.73 Å². The number of ether oxygens (including phenoxy) is 1. The summed E-state index contributed by atoms with van der Waals surface area (Å²) >= 11 is 0. The Hall–Kier alpha value is -2.17. The van der Waals surface area contributed by atoms with Crippen LogP contribution in [0.1, 0.15) is 39.9 Å². The molecule has 2 aromatic rings. The van der Waals surface area contributed by atoms with Crippen molar-refractivity contribution in [2.75, 3.05) is 13.2 Å². The third kappa shape index (κ3) is 2.96. The van der Waals surface area contributed by atoms with Gasteiger partial charge in [0.25, 0.3) is 5.91 Å². The first kappa shape index (κ1) is 16.3. The molecule has 1 aliphatic carbocycles. The van der Waals surface area contributed by atoms with Crippen LogP contribution in [-0.2, 0) is 23.2 Å². The summed E-state index contributed by atoms with van der Waals surface area (Å²) < 4.78 is 5.49. The minimum Gasteiger partial charge on any atom is -0.376 e. The molecule has 2 aliphatic rings. The first-order valence-electron chi connectivity index (χ1n) is 8.97. The molecule has 0 saturated heterocycles. The SMILES string of the molecule is NCC1(c2ccccc2)CC(NC(=O)c2cccc3c2CCOC3)C1. The Balaban J connectivity index is 1.45. The van der Waals surface area contributed by atoms with Gasteiger partial charge in [0.05, 0.1) is 13.2 Å². The number of carbonyl (C=O) groups excluding carboxylic acids is 1. The number of carbonyl (C=O) groups is 1. The van der Waals surface area contributed by atoms with E-state index in [1.54, 1.807) is 0 Å². The van der Waals surface area contributed by atoms with Crippen molar-refractivity contribution in [1.29, 1.82) is 0 Å². The molecule has 3 N–H and O–H groups in total. The third-order valence-corrected chi connectivity index (χ3v) is 5.66. The predicted octanol–water partition coefficient (Wildman–Crippen LogP) is 2.55. The fraction of sp³-hybridized carbons (Fsp3) is 0.381. The van der Waals surface area contributed by atoms with Gasteiger partial charge in [0.1, 0.15) is 0 Å². The van der Waals surface area contributed by atoms with Crippen molar-refractivity contribution in [3.05, 3.63) is 70.8 Å². The number of amides is 1. The Bertz CT molecular complexity index is 767. The molecule has 4 nitrogen and oxygen atoms in total. The van der Waals surface area contributed by atoms with Crippen molar-refractivity contribution in [3.8, 4) is 0 Å². The van der Waals surface area contributed by atoms with Crippen LogP contribution in [0.2, 0.25) is 0 Å². The molecule has 25 heavy (non-hydrogen) atoms. The molecule has 4 heteroatoms. The first-order valence-corrected chi connectivity index (χ1v) is 8.97. The van der Waals surface area contributed by atoms with Crippen LogP contribution in [0.3, 0.4) is 0 Å². The minimum absolute atomic E-state index is 0.00314. The number of nitrogens with one attached hydrogen (secondary N) is 1. The van der Waals surface area contributed by atoms with Crippen molar-refractivity contribution in [3.63, 3.8) is 0 Å². The molecule has 4 rings (SSSR count). The number of rotatable bonds is 4. The van der Waals surface area contributed by atoms with E-state index in [9.17, 15) is 4.79 Å². The van der Waals surface area contributed by atoms with Gasteiger partial charge >= 0.3 is 0 Å². The summed E-state index contributed by atoms with van der Waals surface area (Å²) in [6.45, 7) is 1.90. The van der Waals surface area contributed by atoms with E-state index in [0.29, 0.717) is 19.8 Å². The number of fused-ring (bicyclic) bond motifs is 1. The second kappa shape index (κ2) is 6.62. The number of benzene rings is 2. The van der Waals surface area contributed by atoms with E-state index in [-0.39, 0.29) is 17.4 Å². The molecule has 2 aromatic carbocycles. The van der Waals surface area contributed by atoms with Gasteiger partial charge in [0, 0.05) is 23.6 Å². The van der Waals surface area contributed by atoms with E-state index in [1.807, 2.05) is 24.3 Å². The summed E-state index contributed by atoms with van der Waals surface area (Å²) in [5, 5.41) is 3.21. The highest BCUT2D eigenvalue weighted by Gasteiger charge is 2.45. The molecule has 1 saturated carbocycles. The molecule has 0 spiro atoms. The Morgan fingerprint density at radius 2 is 1.96 bits per heavy atom. The van der Waals surface area contributed by atoms with Gasteiger partial charge in [-0.05, 0) is 42.0 Å². The lowest BCUT2D eigenvalue weighted by Gasteiger charge is -2.48. The summed E-state index contributed by atoms with van der Waals surface area (Å²) in [7, 11) is 0. The molecule has 0 aromatic heterocycles.